The van der Waals surface area contributed by atoms with Crippen molar-refractivity contribution in [2.24, 2.45) is 32.5 Å². The van der Waals surface area contributed by atoms with Crippen molar-refractivity contribution in [3.8, 4) is 0 Å². The van der Waals surface area contributed by atoms with Crippen molar-refractivity contribution in [1.82, 2.24) is 0 Å². The summed E-state index contributed by atoms with van der Waals surface area (Å²) in [6.07, 6.45) is 3.67. The Morgan fingerprint density at radius 3 is 0.400 bits per heavy atom. The third-order valence-electron chi connectivity index (χ3n) is 5.22. The number of hydrogen-bond acceptors (Lipinski definition) is 6. The van der Waals surface area contributed by atoms with E-state index in [1.165, 1.54) is 19.3 Å². The molecular weight excluding hydrogens is 665 g/mol. The molecule has 0 aliphatic rings. The smallest absolute Gasteiger partial charge is 0.333 e. The topological polar surface area (TPSA) is 102 Å². The van der Waals surface area contributed by atoms with Crippen molar-refractivity contribution in [3.05, 3.63) is 19.3 Å². The molecule has 0 aliphatic heterocycles. The number of rotatable bonds is 6. The summed E-state index contributed by atoms with van der Waals surface area (Å²) in [7, 11) is 0. The van der Waals surface area contributed by atoms with E-state index in [0.29, 0.717) is 0 Å². The third-order valence-corrected chi connectivity index (χ3v) is 5.22. The number of Topliss-reactive ketones (excluding diaryl/α,β-unsaturated/α-hetero) is 6. The van der Waals surface area contributed by atoms with Crippen molar-refractivity contribution >= 4 is 34.7 Å². The molecule has 0 N–H and O–H groups in total. The first-order valence-electron chi connectivity index (χ1n) is 13.5. The standard InChI is InChI=1S/3C11H19O2.Yb/c3*1-10(2,3)8(12)7-9(13)11(4,5)6;/h3*7H,1-6H3;/q3*-1;+3. The second-order valence-corrected chi connectivity index (χ2v) is 16.1. The molecule has 0 aliphatic carbocycles. The van der Waals surface area contributed by atoms with Crippen molar-refractivity contribution < 1.29 is 75.7 Å². The Balaban J connectivity index is -0.000000240. The average Bonchev–Trinajstić information content (AvgIpc) is 2.64. The van der Waals surface area contributed by atoms with E-state index >= 15 is 0 Å². The first kappa shape index (κ1) is 46.1. The van der Waals surface area contributed by atoms with E-state index in [-0.39, 0.29) is 81.6 Å². The second-order valence-electron chi connectivity index (χ2n) is 16.1. The molecule has 0 aromatic carbocycles. The summed E-state index contributed by atoms with van der Waals surface area (Å²) in [5, 5.41) is 0. The molecule has 0 fully saturated rings. The van der Waals surface area contributed by atoms with Crippen molar-refractivity contribution in [2.45, 2.75) is 125 Å². The van der Waals surface area contributed by atoms with Gasteiger partial charge in [-0.25, -0.2) is 0 Å². The molecule has 0 unspecified atom stereocenters. The van der Waals surface area contributed by atoms with Crippen LogP contribution in [-0.4, -0.2) is 34.7 Å². The molecule has 6 nitrogen and oxygen atoms in total. The van der Waals surface area contributed by atoms with E-state index in [9.17, 15) is 28.8 Å². The molecule has 1 radical (unpaired) electrons. The normalized spacial score (nSPS) is 12.2. The Morgan fingerprint density at radius 2 is 0.350 bits per heavy atom. The van der Waals surface area contributed by atoms with Gasteiger partial charge in [0.25, 0.3) is 0 Å². The van der Waals surface area contributed by atoms with Crippen LogP contribution in [0.5, 0.6) is 0 Å². The summed E-state index contributed by atoms with van der Waals surface area (Å²) >= 11 is 0. The van der Waals surface area contributed by atoms with Crippen LogP contribution in [0.4, 0.5) is 0 Å². The minimum absolute atomic E-state index is 0. The van der Waals surface area contributed by atoms with Gasteiger partial charge in [-0.05, 0) is 32.5 Å². The summed E-state index contributed by atoms with van der Waals surface area (Å²) in [5.74, 6) is -0.625. The quantitative estimate of drug-likeness (QED) is 0.211. The minimum atomic E-state index is -0.457. The van der Waals surface area contributed by atoms with Crippen molar-refractivity contribution in [1.29, 1.82) is 0 Å². The fraction of sp³-hybridized carbons (Fsp3) is 0.727. The van der Waals surface area contributed by atoms with Gasteiger partial charge in [-0.3, -0.25) is 19.3 Å². The van der Waals surface area contributed by atoms with E-state index in [2.05, 4.69) is 0 Å². The second kappa shape index (κ2) is 16.7. The van der Waals surface area contributed by atoms with Crippen LogP contribution >= 0.6 is 0 Å². The minimum Gasteiger partial charge on any atom is -0.333 e. The number of hydrogen-bond donors (Lipinski definition) is 0. The Morgan fingerprint density at radius 1 is 0.275 bits per heavy atom. The molecule has 0 amide bonds. The zero-order valence-electron chi connectivity index (χ0n) is 28.4. The van der Waals surface area contributed by atoms with Gasteiger partial charge in [-0.1, -0.05) is 125 Å². The molecule has 0 aromatic rings. The zero-order valence-corrected chi connectivity index (χ0v) is 30.2. The van der Waals surface area contributed by atoms with Crippen LogP contribution in [0.15, 0.2) is 0 Å². The zero-order chi connectivity index (χ0) is 32.6. The molecule has 0 aromatic heterocycles. The molecular formula is C33H57O6Yb. The summed E-state index contributed by atoms with van der Waals surface area (Å²) in [5.41, 5.74) is -2.74. The number of carbonyl (C=O) groups is 6. The van der Waals surface area contributed by atoms with E-state index in [0.717, 1.165) is 0 Å². The molecule has 239 valence electrons. The molecule has 0 spiro atoms. The molecule has 0 rings (SSSR count). The van der Waals surface area contributed by atoms with E-state index in [1.807, 2.05) is 125 Å². The molecule has 0 heterocycles. The monoisotopic (exact) mass is 723 g/mol. The largest absolute Gasteiger partial charge is 3.00 e. The first-order chi connectivity index (χ1) is 16.6. The summed E-state index contributed by atoms with van der Waals surface area (Å²) in [6.45, 7) is 32.5. The van der Waals surface area contributed by atoms with Crippen LogP contribution in [0, 0.1) is 98.7 Å². The van der Waals surface area contributed by atoms with Gasteiger partial charge in [-0.15, -0.1) is 0 Å². The fourth-order valence-corrected chi connectivity index (χ4v) is 1.66. The SMILES string of the molecule is CC(C)(C)C(=O)[CH-]C(=O)C(C)(C)C.CC(C)(C)C(=O)[CH-]C(=O)C(C)(C)C.CC(C)(C)C(=O)[CH-]C(=O)C(C)(C)C.[Yb+3]. The van der Waals surface area contributed by atoms with Crippen LogP contribution in [0.25, 0.3) is 0 Å². The fourth-order valence-electron chi connectivity index (χ4n) is 1.66. The van der Waals surface area contributed by atoms with E-state index < -0.39 is 32.5 Å². The van der Waals surface area contributed by atoms with Gasteiger partial charge in [0, 0.05) is 34.7 Å². The van der Waals surface area contributed by atoms with Crippen LogP contribution < -0.4 is 0 Å². The summed E-state index contributed by atoms with van der Waals surface area (Å²) in [6, 6.07) is 0. The summed E-state index contributed by atoms with van der Waals surface area (Å²) < 4.78 is 0. The van der Waals surface area contributed by atoms with Crippen molar-refractivity contribution in [2.75, 3.05) is 0 Å². The molecule has 0 saturated carbocycles. The summed E-state index contributed by atoms with van der Waals surface area (Å²) in [4.78, 5) is 68.7. The van der Waals surface area contributed by atoms with Crippen molar-refractivity contribution in [3.63, 3.8) is 0 Å². The Bertz CT molecular complexity index is 693. The van der Waals surface area contributed by atoms with Gasteiger partial charge in [0.15, 0.2) is 0 Å². The van der Waals surface area contributed by atoms with Crippen LogP contribution in [0.1, 0.15) is 125 Å². The Hall–Kier alpha value is -0.851. The van der Waals surface area contributed by atoms with Gasteiger partial charge in [-0.2, -0.15) is 0 Å². The maximum Gasteiger partial charge on any atom is 3.00 e. The van der Waals surface area contributed by atoms with Crippen LogP contribution in [0.2, 0.25) is 0 Å². The number of carbonyl (C=O) groups excluding carboxylic acids is 6. The van der Waals surface area contributed by atoms with Gasteiger partial charge in [0.2, 0.25) is 0 Å². The van der Waals surface area contributed by atoms with Gasteiger partial charge in [0.05, 0.1) is 0 Å². The first-order valence-corrected chi connectivity index (χ1v) is 13.5. The maximum absolute atomic E-state index is 11.4. The number of ketones is 6. The van der Waals surface area contributed by atoms with Gasteiger partial charge < -0.3 is 28.8 Å². The molecule has 0 atom stereocenters. The van der Waals surface area contributed by atoms with Crippen LogP contribution in [0.3, 0.4) is 0 Å². The maximum atomic E-state index is 11.4. The average molecular weight is 723 g/mol. The Labute approximate surface area is 284 Å². The molecule has 0 saturated heterocycles. The molecule has 40 heavy (non-hydrogen) atoms. The van der Waals surface area contributed by atoms with Gasteiger partial charge in [0.1, 0.15) is 0 Å². The third kappa shape index (κ3) is 21.8. The van der Waals surface area contributed by atoms with Crippen LogP contribution in [-0.2, 0) is 28.8 Å². The van der Waals surface area contributed by atoms with Gasteiger partial charge >= 0.3 is 46.9 Å². The predicted molar refractivity (Wildman–Crippen MR) is 160 cm³/mol. The molecule has 0 bridgehead atoms. The molecule has 7 heteroatoms. The Kier molecular flexibility index (Phi) is 19.3. The van der Waals surface area contributed by atoms with E-state index in [4.69, 9.17) is 0 Å². The van der Waals surface area contributed by atoms with E-state index in [1.54, 1.807) is 0 Å². The predicted octanol–water partition coefficient (Wildman–Crippen LogP) is 7.26.